The summed E-state index contributed by atoms with van der Waals surface area (Å²) in [6.45, 7) is 1.65. The van der Waals surface area contributed by atoms with Crippen LogP contribution in [0.3, 0.4) is 0 Å². The van der Waals surface area contributed by atoms with Gasteiger partial charge in [0.15, 0.2) is 11.6 Å². The Morgan fingerprint density at radius 3 is 2.68 bits per heavy atom. The Morgan fingerprint density at radius 2 is 2.00 bits per heavy atom. The molecule has 1 atom stereocenters. The number of aliphatic hydroxyl groups is 1. The van der Waals surface area contributed by atoms with Crippen LogP contribution in [-0.4, -0.2) is 30.5 Å². The summed E-state index contributed by atoms with van der Waals surface area (Å²) in [6.07, 6.45) is 0.633. The minimum Gasteiger partial charge on any atom is -0.388 e. The van der Waals surface area contributed by atoms with Gasteiger partial charge in [-0.1, -0.05) is 36.7 Å². The molecule has 2 heterocycles. The van der Waals surface area contributed by atoms with Gasteiger partial charge in [-0.05, 0) is 18.6 Å². The zero-order chi connectivity index (χ0) is 19.8. The van der Waals surface area contributed by atoms with E-state index in [0.29, 0.717) is 45.6 Å². The van der Waals surface area contributed by atoms with Crippen LogP contribution in [0.15, 0.2) is 47.5 Å². The fourth-order valence-corrected chi connectivity index (χ4v) is 3.58. The highest BCUT2D eigenvalue weighted by Gasteiger charge is 2.29. The topological polar surface area (TPSA) is 106 Å². The number of non-ortho nitro benzene ring substituents is 1. The summed E-state index contributed by atoms with van der Waals surface area (Å²) in [7, 11) is 0. The second kappa shape index (κ2) is 7.14. The van der Waals surface area contributed by atoms with Gasteiger partial charge in [-0.25, -0.2) is 0 Å². The van der Waals surface area contributed by atoms with Crippen molar-refractivity contribution >= 4 is 23.0 Å². The molecule has 142 valence electrons. The van der Waals surface area contributed by atoms with Crippen molar-refractivity contribution in [3.05, 3.63) is 80.4 Å². The number of rotatable bonds is 4. The molecule has 1 aromatic heterocycles. The number of fused-ring (bicyclic) bond motifs is 3. The van der Waals surface area contributed by atoms with Crippen molar-refractivity contribution in [3.63, 3.8) is 0 Å². The standard InChI is InChI=1S/C19H16ClN5O3/c1-2-15-19-23-22-17(10-26)24(19)16-8-7-11(25(27)28)9-13(16)18(21-15)12-5-3-4-6-14(12)20/h3-9,15,26H,2,10H2,1H3. The number of nitro benzene ring substituents is 1. The third-order valence-electron chi connectivity index (χ3n) is 4.68. The van der Waals surface area contributed by atoms with Crippen LogP contribution < -0.4 is 0 Å². The maximum Gasteiger partial charge on any atom is 0.270 e. The van der Waals surface area contributed by atoms with Crippen LogP contribution in [0.1, 0.15) is 42.2 Å². The van der Waals surface area contributed by atoms with E-state index in [2.05, 4.69) is 10.2 Å². The predicted octanol–water partition coefficient (Wildman–Crippen LogP) is 3.62. The molecule has 4 rings (SSSR count). The third-order valence-corrected chi connectivity index (χ3v) is 5.01. The van der Waals surface area contributed by atoms with E-state index in [9.17, 15) is 15.2 Å². The first-order valence-corrected chi connectivity index (χ1v) is 9.09. The number of nitro groups is 1. The Kier molecular flexibility index (Phi) is 4.66. The lowest BCUT2D eigenvalue weighted by atomic mass is 9.99. The summed E-state index contributed by atoms with van der Waals surface area (Å²) >= 11 is 6.42. The molecule has 8 nitrogen and oxygen atoms in total. The van der Waals surface area contributed by atoms with Gasteiger partial charge in [0.05, 0.1) is 16.3 Å². The molecule has 0 spiro atoms. The Bertz CT molecular complexity index is 1110. The zero-order valence-corrected chi connectivity index (χ0v) is 15.7. The number of benzene rings is 2. The molecule has 1 aliphatic rings. The molecular weight excluding hydrogens is 382 g/mol. The van der Waals surface area contributed by atoms with Crippen molar-refractivity contribution in [1.82, 2.24) is 14.8 Å². The highest BCUT2D eigenvalue weighted by atomic mass is 35.5. The number of hydrogen-bond acceptors (Lipinski definition) is 6. The molecule has 0 aliphatic carbocycles. The van der Waals surface area contributed by atoms with E-state index < -0.39 is 4.92 Å². The molecular formula is C19H16ClN5O3. The highest BCUT2D eigenvalue weighted by Crippen LogP contribution is 2.35. The second-order valence-electron chi connectivity index (χ2n) is 6.31. The van der Waals surface area contributed by atoms with Crippen LogP contribution in [0.5, 0.6) is 0 Å². The third kappa shape index (κ3) is 2.87. The van der Waals surface area contributed by atoms with Crippen molar-refractivity contribution in [2.24, 2.45) is 4.99 Å². The van der Waals surface area contributed by atoms with Crippen LogP contribution in [0.2, 0.25) is 5.02 Å². The summed E-state index contributed by atoms with van der Waals surface area (Å²) in [5.41, 5.74) is 2.31. The van der Waals surface area contributed by atoms with Gasteiger partial charge < -0.3 is 5.11 Å². The van der Waals surface area contributed by atoms with Crippen LogP contribution >= 0.6 is 11.6 Å². The average Bonchev–Trinajstić information content (AvgIpc) is 3.07. The van der Waals surface area contributed by atoms with E-state index in [1.807, 2.05) is 25.1 Å². The van der Waals surface area contributed by atoms with Gasteiger partial charge in [-0.2, -0.15) is 0 Å². The zero-order valence-electron chi connectivity index (χ0n) is 14.9. The first-order chi connectivity index (χ1) is 13.5. The lowest BCUT2D eigenvalue weighted by Gasteiger charge is -2.13. The Balaban J connectivity index is 2.08. The number of aromatic nitrogens is 3. The van der Waals surface area contributed by atoms with E-state index in [-0.39, 0.29) is 18.3 Å². The minimum absolute atomic E-state index is 0.0615. The molecule has 9 heteroatoms. The first-order valence-electron chi connectivity index (χ1n) is 8.72. The van der Waals surface area contributed by atoms with Gasteiger partial charge >= 0.3 is 0 Å². The Morgan fingerprint density at radius 1 is 1.21 bits per heavy atom. The van der Waals surface area contributed by atoms with E-state index in [1.54, 1.807) is 16.7 Å². The average molecular weight is 398 g/mol. The first kappa shape index (κ1) is 18.3. The lowest BCUT2D eigenvalue weighted by molar-refractivity contribution is -0.384. The van der Waals surface area contributed by atoms with Gasteiger partial charge in [-0.3, -0.25) is 19.7 Å². The SMILES string of the molecule is CCC1N=C(c2ccccc2Cl)c2cc([N+](=O)[O-])ccc2-n2c(CO)nnc21. The minimum atomic E-state index is -0.452. The molecule has 3 aromatic rings. The molecule has 0 radical (unpaired) electrons. The molecule has 1 N–H and O–H groups in total. The molecule has 0 fully saturated rings. The van der Waals surface area contributed by atoms with Crippen LogP contribution in [0.4, 0.5) is 5.69 Å². The molecule has 2 aromatic carbocycles. The van der Waals surface area contributed by atoms with E-state index in [0.717, 1.165) is 0 Å². The maximum atomic E-state index is 11.4. The van der Waals surface area contributed by atoms with Crippen molar-refractivity contribution in [1.29, 1.82) is 0 Å². The number of aliphatic imine (C=N–C) groups is 1. The van der Waals surface area contributed by atoms with Crippen molar-refractivity contribution in [2.45, 2.75) is 26.0 Å². The quantitative estimate of drug-likeness (QED) is 0.534. The van der Waals surface area contributed by atoms with Crippen molar-refractivity contribution in [2.75, 3.05) is 0 Å². The number of halogens is 1. The fraction of sp³-hybridized carbons (Fsp3) is 0.211. The van der Waals surface area contributed by atoms with Crippen LogP contribution in [0, 0.1) is 10.1 Å². The molecule has 0 amide bonds. The van der Waals surface area contributed by atoms with Gasteiger partial charge in [0.1, 0.15) is 12.6 Å². The van der Waals surface area contributed by atoms with Crippen LogP contribution in [-0.2, 0) is 6.61 Å². The molecule has 0 saturated carbocycles. The number of aliphatic hydroxyl groups excluding tert-OH is 1. The van der Waals surface area contributed by atoms with E-state index >= 15 is 0 Å². The van der Waals surface area contributed by atoms with E-state index in [1.165, 1.54) is 12.1 Å². The monoisotopic (exact) mass is 397 g/mol. The smallest absolute Gasteiger partial charge is 0.270 e. The molecule has 1 unspecified atom stereocenters. The summed E-state index contributed by atoms with van der Waals surface area (Å²) in [6, 6.07) is 11.4. The maximum absolute atomic E-state index is 11.4. The summed E-state index contributed by atoms with van der Waals surface area (Å²) in [4.78, 5) is 15.8. The van der Waals surface area contributed by atoms with Gasteiger partial charge in [0, 0.05) is 28.3 Å². The lowest BCUT2D eigenvalue weighted by Crippen LogP contribution is -2.10. The fourth-order valence-electron chi connectivity index (χ4n) is 3.36. The molecule has 0 saturated heterocycles. The molecule has 28 heavy (non-hydrogen) atoms. The largest absolute Gasteiger partial charge is 0.388 e. The van der Waals surface area contributed by atoms with Crippen molar-refractivity contribution < 1.29 is 10.0 Å². The summed E-state index contributed by atoms with van der Waals surface area (Å²) in [5.74, 6) is 0.919. The van der Waals surface area contributed by atoms with Crippen LogP contribution in [0.25, 0.3) is 5.69 Å². The number of nitrogens with zero attached hydrogens (tertiary/aromatic N) is 5. The predicted molar refractivity (Wildman–Crippen MR) is 104 cm³/mol. The van der Waals surface area contributed by atoms with Crippen molar-refractivity contribution in [3.8, 4) is 5.69 Å². The Labute approximate surface area is 165 Å². The van der Waals surface area contributed by atoms with Gasteiger partial charge in [0.2, 0.25) is 0 Å². The Hall–Kier alpha value is -3.10. The normalized spacial score (nSPS) is 15.4. The summed E-state index contributed by atoms with van der Waals surface area (Å²) < 4.78 is 1.72. The van der Waals surface area contributed by atoms with E-state index in [4.69, 9.17) is 16.6 Å². The summed E-state index contributed by atoms with van der Waals surface area (Å²) in [5, 5.41) is 29.9. The molecule has 0 bridgehead atoms. The second-order valence-corrected chi connectivity index (χ2v) is 6.72. The number of hydrogen-bond donors (Lipinski definition) is 1. The van der Waals surface area contributed by atoms with Gasteiger partial charge in [-0.15, -0.1) is 10.2 Å². The highest BCUT2D eigenvalue weighted by molar-refractivity contribution is 6.35. The molecule has 1 aliphatic heterocycles. The van der Waals surface area contributed by atoms with Gasteiger partial charge in [0.25, 0.3) is 5.69 Å².